The normalized spacial score (nSPS) is 21.9. The summed E-state index contributed by atoms with van der Waals surface area (Å²) < 4.78 is 27.3. The Morgan fingerprint density at radius 3 is 2.52 bits per heavy atom. The molecule has 3 rings (SSSR count). The summed E-state index contributed by atoms with van der Waals surface area (Å²) in [5, 5.41) is 0. The Morgan fingerprint density at radius 2 is 1.91 bits per heavy atom. The van der Waals surface area contributed by atoms with Crippen LogP contribution in [0.4, 0.5) is 5.69 Å². The lowest BCUT2D eigenvalue weighted by molar-refractivity contribution is -0.116. The van der Waals surface area contributed by atoms with Crippen molar-refractivity contribution in [1.29, 1.82) is 0 Å². The lowest BCUT2D eigenvalue weighted by Crippen LogP contribution is -2.35. The van der Waals surface area contributed by atoms with E-state index in [0.717, 1.165) is 36.9 Å². The van der Waals surface area contributed by atoms with Gasteiger partial charge in [-0.25, -0.2) is 8.42 Å². The van der Waals surface area contributed by atoms with Gasteiger partial charge in [-0.3, -0.25) is 4.79 Å². The van der Waals surface area contributed by atoms with E-state index in [1.165, 1.54) is 4.31 Å². The Hall–Kier alpha value is -1.40. The van der Waals surface area contributed by atoms with Crippen LogP contribution in [0.2, 0.25) is 0 Å². The van der Waals surface area contributed by atoms with Gasteiger partial charge in [-0.1, -0.05) is 12.8 Å². The number of benzene rings is 1. The second kappa shape index (κ2) is 5.91. The molecule has 1 aliphatic heterocycles. The molecule has 126 valence electrons. The van der Waals surface area contributed by atoms with E-state index in [-0.39, 0.29) is 18.0 Å². The number of nitrogens with zero attached hydrogens (tertiary/aromatic N) is 2. The average molecular weight is 336 g/mol. The minimum atomic E-state index is -3.47. The number of hydrogen-bond acceptors (Lipinski definition) is 3. The number of carbonyl (C=O) groups is 1. The van der Waals surface area contributed by atoms with Crippen molar-refractivity contribution in [2.45, 2.75) is 62.9 Å². The van der Waals surface area contributed by atoms with E-state index in [1.807, 2.05) is 6.92 Å². The number of sulfonamides is 1. The maximum atomic E-state index is 12.9. The van der Waals surface area contributed by atoms with Gasteiger partial charge in [0.2, 0.25) is 15.9 Å². The molecule has 2 aliphatic rings. The molecule has 1 unspecified atom stereocenters. The van der Waals surface area contributed by atoms with Crippen LogP contribution in [0.25, 0.3) is 0 Å². The molecule has 1 amide bonds. The van der Waals surface area contributed by atoms with Crippen LogP contribution in [0.3, 0.4) is 0 Å². The van der Waals surface area contributed by atoms with Crippen LogP contribution in [0.15, 0.2) is 23.1 Å². The van der Waals surface area contributed by atoms with Gasteiger partial charge < -0.3 is 4.90 Å². The number of anilines is 1. The molecular weight excluding hydrogens is 312 g/mol. The molecular formula is C17H24N2O3S. The first kappa shape index (κ1) is 16.5. The van der Waals surface area contributed by atoms with Gasteiger partial charge in [0.25, 0.3) is 0 Å². The summed E-state index contributed by atoms with van der Waals surface area (Å²) in [5.74, 6) is -0.00469. The minimum Gasteiger partial charge on any atom is -0.309 e. The topological polar surface area (TPSA) is 57.7 Å². The minimum absolute atomic E-state index is 0.00469. The zero-order valence-electron chi connectivity index (χ0n) is 13.9. The Kier molecular flexibility index (Phi) is 4.23. The Bertz CT molecular complexity index is 723. The van der Waals surface area contributed by atoms with E-state index < -0.39 is 10.0 Å². The SMILES string of the molecule is CC(=O)N1c2ccc(S(=O)(=O)N(C)C3CCCC3)cc2CC1C. The molecule has 1 saturated carbocycles. The monoisotopic (exact) mass is 336 g/mol. The molecule has 1 fully saturated rings. The molecule has 1 atom stereocenters. The van der Waals surface area contributed by atoms with Gasteiger partial charge in [0.1, 0.15) is 0 Å². The molecule has 0 spiro atoms. The maximum Gasteiger partial charge on any atom is 0.243 e. The molecule has 1 aromatic carbocycles. The highest BCUT2D eigenvalue weighted by Crippen LogP contribution is 2.35. The van der Waals surface area contributed by atoms with E-state index >= 15 is 0 Å². The molecule has 5 nitrogen and oxygen atoms in total. The molecule has 0 bridgehead atoms. The number of carbonyl (C=O) groups excluding carboxylic acids is 1. The summed E-state index contributed by atoms with van der Waals surface area (Å²) in [6, 6.07) is 5.34. The first-order valence-corrected chi connectivity index (χ1v) is 9.67. The highest BCUT2D eigenvalue weighted by atomic mass is 32.2. The van der Waals surface area contributed by atoms with Crippen molar-refractivity contribution < 1.29 is 13.2 Å². The molecule has 0 aromatic heterocycles. The summed E-state index contributed by atoms with van der Waals surface area (Å²) in [6.07, 6.45) is 4.77. The van der Waals surface area contributed by atoms with Crippen molar-refractivity contribution >= 4 is 21.6 Å². The van der Waals surface area contributed by atoms with E-state index in [2.05, 4.69) is 0 Å². The van der Waals surface area contributed by atoms with Crippen LogP contribution < -0.4 is 4.90 Å². The molecule has 23 heavy (non-hydrogen) atoms. The molecule has 6 heteroatoms. The molecule has 0 radical (unpaired) electrons. The highest BCUT2D eigenvalue weighted by molar-refractivity contribution is 7.89. The Labute approximate surface area is 138 Å². The summed E-state index contributed by atoms with van der Waals surface area (Å²) in [4.78, 5) is 13.9. The van der Waals surface area contributed by atoms with Crippen LogP contribution in [0.1, 0.15) is 45.1 Å². The fourth-order valence-corrected chi connectivity index (χ4v) is 5.35. The second-order valence-electron chi connectivity index (χ2n) is 6.69. The first-order chi connectivity index (χ1) is 10.8. The third kappa shape index (κ3) is 2.78. The van der Waals surface area contributed by atoms with Crippen molar-refractivity contribution in [3.05, 3.63) is 23.8 Å². The fraction of sp³-hybridized carbons (Fsp3) is 0.588. The molecule has 1 aliphatic carbocycles. The van der Waals surface area contributed by atoms with Gasteiger partial charge in [0, 0.05) is 31.7 Å². The van der Waals surface area contributed by atoms with Gasteiger partial charge >= 0.3 is 0 Å². The Morgan fingerprint density at radius 1 is 1.26 bits per heavy atom. The highest BCUT2D eigenvalue weighted by Gasteiger charge is 2.33. The molecule has 0 saturated heterocycles. The van der Waals surface area contributed by atoms with Gasteiger partial charge in [0.05, 0.1) is 4.90 Å². The Balaban J connectivity index is 1.93. The lowest BCUT2D eigenvalue weighted by atomic mass is 10.1. The van der Waals surface area contributed by atoms with Crippen LogP contribution >= 0.6 is 0 Å². The van der Waals surface area contributed by atoms with E-state index in [9.17, 15) is 13.2 Å². The smallest absolute Gasteiger partial charge is 0.243 e. The van der Waals surface area contributed by atoms with E-state index in [4.69, 9.17) is 0 Å². The standard InChI is InChI=1S/C17H24N2O3S/c1-12-10-14-11-16(8-9-17(14)19(12)13(2)20)23(21,22)18(3)15-6-4-5-7-15/h8-9,11-12,15H,4-7,10H2,1-3H3. The van der Waals surface area contributed by atoms with Gasteiger partial charge in [-0.15, -0.1) is 0 Å². The summed E-state index contributed by atoms with van der Waals surface area (Å²) in [7, 11) is -1.79. The van der Waals surface area contributed by atoms with Crippen molar-refractivity contribution in [3.8, 4) is 0 Å². The lowest BCUT2D eigenvalue weighted by Gasteiger charge is -2.24. The largest absolute Gasteiger partial charge is 0.309 e. The zero-order chi connectivity index (χ0) is 16.8. The van der Waals surface area contributed by atoms with Crippen molar-refractivity contribution in [1.82, 2.24) is 4.31 Å². The zero-order valence-corrected chi connectivity index (χ0v) is 14.8. The number of fused-ring (bicyclic) bond motifs is 1. The van der Waals surface area contributed by atoms with Crippen LogP contribution in [0, 0.1) is 0 Å². The van der Waals surface area contributed by atoms with Crippen molar-refractivity contribution in [2.75, 3.05) is 11.9 Å². The van der Waals surface area contributed by atoms with Crippen LogP contribution in [-0.2, 0) is 21.2 Å². The summed E-state index contributed by atoms with van der Waals surface area (Å²) >= 11 is 0. The predicted octanol–water partition coefficient (Wildman–Crippen LogP) is 2.55. The van der Waals surface area contributed by atoms with Gasteiger partial charge in [-0.05, 0) is 49.9 Å². The van der Waals surface area contributed by atoms with Gasteiger partial charge in [-0.2, -0.15) is 4.31 Å². The number of hydrogen-bond donors (Lipinski definition) is 0. The van der Waals surface area contributed by atoms with Crippen molar-refractivity contribution in [3.63, 3.8) is 0 Å². The van der Waals surface area contributed by atoms with Gasteiger partial charge in [0.15, 0.2) is 0 Å². The number of amides is 1. The molecule has 1 heterocycles. The quantitative estimate of drug-likeness (QED) is 0.852. The van der Waals surface area contributed by atoms with Crippen LogP contribution in [0.5, 0.6) is 0 Å². The van der Waals surface area contributed by atoms with Crippen molar-refractivity contribution in [2.24, 2.45) is 0 Å². The second-order valence-corrected chi connectivity index (χ2v) is 8.69. The van der Waals surface area contributed by atoms with E-state index in [0.29, 0.717) is 11.3 Å². The predicted molar refractivity (Wildman–Crippen MR) is 90.0 cm³/mol. The summed E-state index contributed by atoms with van der Waals surface area (Å²) in [6.45, 7) is 3.53. The summed E-state index contributed by atoms with van der Waals surface area (Å²) in [5.41, 5.74) is 1.78. The third-order valence-electron chi connectivity index (χ3n) is 5.12. The fourth-order valence-electron chi connectivity index (χ4n) is 3.88. The molecule has 1 aromatic rings. The van der Waals surface area contributed by atoms with E-state index in [1.54, 1.807) is 37.1 Å². The number of rotatable bonds is 3. The first-order valence-electron chi connectivity index (χ1n) is 8.23. The maximum absolute atomic E-state index is 12.9. The molecule has 0 N–H and O–H groups in total. The third-order valence-corrected chi connectivity index (χ3v) is 7.03. The average Bonchev–Trinajstić information content (AvgIpc) is 3.11. The van der Waals surface area contributed by atoms with Crippen LogP contribution in [-0.4, -0.2) is 37.8 Å².